The van der Waals surface area contributed by atoms with Crippen LogP contribution in [0.2, 0.25) is 0 Å². The minimum Gasteiger partial charge on any atom is -0.368 e. The number of hydrogen-bond acceptors (Lipinski definition) is 6. The molecule has 3 rings (SSSR count). The molecule has 148 valence electrons. The van der Waals surface area contributed by atoms with Crippen LogP contribution in [0, 0.1) is 0 Å². The number of aromatic nitrogens is 2. The molecule has 1 aliphatic heterocycles. The maximum absolute atomic E-state index is 12.9. The Balaban J connectivity index is 1.80. The van der Waals surface area contributed by atoms with Crippen LogP contribution in [-0.4, -0.2) is 51.9 Å². The number of nitrogens with one attached hydrogen (secondary N) is 2. The lowest BCUT2D eigenvalue weighted by molar-refractivity contribution is -0.119. The molecular formula is C20H26N6O2. The molecular weight excluding hydrogens is 356 g/mol. The van der Waals surface area contributed by atoms with Gasteiger partial charge in [-0.25, -0.2) is 4.98 Å². The summed E-state index contributed by atoms with van der Waals surface area (Å²) < 4.78 is 0. The lowest BCUT2D eigenvalue weighted by Gasteiger charge is -2.17. The molecule has 1 aromatic carbocycles. The number of nitrogens with two attached hydrogens (primary N) is 1. The molecule has 28 heavy (non-hydrogen) atoms. The quantitative estimate of drug-likeness (QED) is 0.728. The Bertz CT molecular complexity index is 883. The van der Waals surface area contributed by atoms with E-state index < -0.39 is 0 Å². The number of carbonyl (C=O) groups is 2. The summed E-state index contributed by atoms with van der Waals surface area (Å²) in [4.78, 5) is 34.4. The SMILES string of the molecule is CC(=O)N[C@H]1CCN(C(=O)c2cccc(-c3cc(NC(C)C)nc(N)n3)c2)C1. The summed E-state index contributed by atoms with van der Waals surface area (Å²) in [5.41, 5.74) is 7.88. The van der Waals surface area contributed by atoms with Crippen LogP contribution in [0.25, 0.3) is 11.3 Å². The highest BCUT2D eigenvalue weighted by molar-refractivity contribution is 5.95. The van der Waals surface area contributed by atoms with Gasteiger partial charge in [-0.1, -0.05) is 12.1 Å². The standard InChI is InChI=1S/C20H26N6O2/c1-12(2)22-18-10-17(24-20(21)25-18)14-5-4-6-15(9-14)19(28)26-8-7-16(11-26)23-13(3)27/h4-6,9-10,12,16H,7-8,11H2,1-3H3,(H,23,27)(H3,21,22,24,25)/t16-/m0/s1. The number of nitrogen functional groups attached to an aromatic ring is 1. The number of nitrogens with zero attached hydrogens (tertiary/aromatic N) is 3. The minimum absolute atomic E-state index is 0.0101. The highest BCUT2D eigenvalue weighted by Gasteiger charge is 2.27. The van der Waals surface area contributed by atoms with Crippen molar-refractivity contribution in [2.24, 2.45) is 0 Å². The van der Waals surface area contributed by atoms with Gasteiger partial charge in [0.1, 0.15) is 5.82 Å². The summed E-state index contributed by atoms with van der Waals surface area (Å²) in [6, 6.07) is 9.37. The third-order valence-electron chi connectivity index (χ3n) is 4.47. The highest BCUT2D eigenvalue weighted by atomic mass is 16.2. The van der Waals surface area contributed by atoms with Crippen molar-refractivity contribution in [1.29, 1.82) is 0 Å². The first kappa shape index (κ1) is 19.6. The second-order valence-corrected chi connectivity index (χ2v) is 7.31. The first-order valence-electron chi connectivity index (χ1n) is 9.39. The molecule has 2 aromatic rings. The van der Waals surface area contributed by atoms with E-state index in [1.165, 1.54) is 6.92 Å². The summed E-state index contributed by atoms with van der Waals surface area (Å²) in [5, 5.41) is 6.09. The van der Waals surface area contributed by atoms with Crippen molar-refractivity contribution < 1.29 is 9.59 Å². The van der Waals surface area contributed by atoms with Crippen LogP contribution in [0.3, 0.4) is 0 Å². The number of amides is 2. The number of rotatable bonds is 5. The van der Waals surface area contributed by atoms with Crippen molar-refractivity contribution in [3.8, 4) is 11.3 Å². The summed E-state index contributed by atoms with van der Waals surface area (Å²) in [6.07, 6.45) is 0.762. The van der Waals surface area contributed by atoms with Gasteiger partial charge in [0.05, 0.1) is 5.69 Å². The number of anilines is 2. The Labute approximate surface area is 164 Å². The largest absolute Gasteiger partial charge is 0.368 e. The zero-order valence-corrected chi connectivity index (χ0v) is 16.4. The molecule has 2 heterocycles. The number of likely N-dealkylation sites (tertiary alicyclic amines) is 1. The van der Waals surface area contributed by atoms with Crippen LogP contribution in [0.4, 0.5) is 11.8 Å². The Kier molecular flexibility index (Phi) is 5.77. The van der Waals surface area contributed by atoms with Crippen molar-refractivity contribution in [2.45, 2.75) is 39.3 Å². The Morgan fingerprint density at radius 1 is 1.25 bits per heavy atom. The van der Waals surface area contributed by atoms with Crippen molar-refractivity contribution in [3.05, 3.63) is 35.9 Å². The third kappa shape index (κ3) is 4.76. The Hall–Kier alpha value is -3.16. The predicted molar refractivity (Wildman–Crippen MR) is 109 cm³/mol. The van der Waals surface area contributed by atoms with E-state index in [4.69, 9.17) is 5.73 Å². The first-order valence-corrected chi connectivity index (χ1v) is 9.39. The maximum Gasteiger partial charge on any atom is 0.253 e. The lowest BCUT2D eigenvalue weighted by Crippen LogP contribution is -2.37. The zero-order chi connectivity index (χ0) is 20.3. The Morgan fingerprint density at radius 3 is 2.75 bits per heavy atom. The fourth-order valence-electron chi connectivity index (χ4n) is 3.33. The minimum atomic E-state index is -0.0755. The summed E-state index contributed by atoms with van der Waals surface area (Å²) >= 11 is 0. The van der Waals surface area contributed by atoms with E-state index in [1.54, 1.807) is 11.0 Å². The van der Waals surface area contributed by atoms with Gasteiger partial charge in [0.15, 0.2) is 0 Å². The van der Waals surface area contributed by atoms with Crippen LogP contribution in [0.5, 0.6) is 0 Å². The van der Waals surface area contributed by atoms with E-state index >= 15 is 0 Å². The third-order valence-corrected chi connectivity index (χ3v) is 4.47. The highest BCUT2D eigenvalue weighted by Crippen LogP contribution is 2.23. The second kappa shape index (κ2) is 8.24. The van der Waals surface area contributed by atoms with E-state index in [-0.39, 0.29) is 29.8 Å². The lowest BCUT2D eigenvalue weighted by atomic mass is 10.1. The van der Waals surface area contributed by atoms with Crippen molar-refractivity contribution in [2.75, 3.05) is 24.1 Å². The van der Waals surface area contributed by atoms with Gasteiger partial charge in [-0.05, 0) is 32.4 Å². The van der Waals surface area contributed by atoms with Gasteiger partial charge < -0.3 is 21.3 Å². The fourth-order valence-corrected chi connectivity index (χ4v) is 3.33. The molecule has 0 unspecified atom stereocenters. The number of hydrogen-bond donors (Lipinski definition) is 3. The average molecular weight is 382 g/mol. The number of benzene rings is 1. The maximum atomic E-state index is 12.9. The average Bonchev–Trinajstić information content (AvgIpc) is 3.08. The van der Waals surface area contributed by atoms with Crippen LogP contribution < -0.4 is 16.4 Å². The molecule has 0 saturated carbocycles. The summed E-state index contributed by atoms with van der Waals surface area (Å²) in [5.74, 6) is 0.688. The molecule has 1 fully saturated rings. The molecule has 1 aromatic heterocycles. The molecule has 0 bridgehead atoms. The van der Waals surface area contributed by atoms with Crippen molar-refractivity contribution in [3.63, 3.8) is 0 Å². The monoisotopic (exact) mass is 382 g/mol. The first-order chi connectivity index (χ1) is 13.3. The number of carbonyl (C=O) groups excluding carboxylic acids is 2. The van der Waals surface area contributed by atoms with Crippen molar-refractivity contribution in [1.82, 2.24) is 20.2 Å². The molecule has 4 N–H and O–H groups in total. The summed E-state index contributed by atoms with van der Waals surface area (Å²) in [6.45, 7) is 6.66. The fraction of sp³-hybridized carbons (Fsp3) is 0.400. The molecule has 0 radical (unpaired) electrons. The molecule has 8 nitrogen and oxygen atoms in total. The van der Waals surface area contributed by atoms with Crippen molar-refractivity contribution >= 4 is 23.6 Å². The zero-order valence-electron chi connectivity index (χ0n) is 16.4. The van der Waals surface area contributed by atoms with Crippen LogP contribution >= 0.6 is 0 Å². The Morgan fingerprint density at radius 2 is 2.04 bits per heavy atom. The molecule has 1 aliphatic rings. The topological polar surface area (TPSA) is 113 Å². The molecule has 2 amide bonds. The van der Waals surface area contributed by atoms with E-state index in [0.29, 0.717) is 30.2 Å². The second-order valence-electron chi connectivity index (χ2n) is 7.31. The van der Waals surface area contributed by atoms with Gasteiger partial charge in [0.25, 0.3) is 5.91 Å². The van der Waals surface area contributed by atoms with E-state index in [9.17, 15) is 9.59 Å². The van der Waals surface area contributed by atoms with Gasteiger partial charge in [-0.15, -0.1) is 0 Å². The molecule has 0 aliphatic carbocycles. The van der Waals surface area contributed by atoms with Gasteiger partial charge in [-0.3, -0.25) is 9.59 Å². The van der Waals surface area contributed by atoms with Gasteiger partial charge >= 0.3 is 0 Å². The molecule has 1 saturated heterocycles. The van der Waals surface area contributed by atoms with Gasteiger partial charge in [-0.2, -0.15) is 4.98 Å². The van der Waals surface area contributed by atoms with Crippen LogP contribution in [0.1, 0.15) is 37.6 Å². The van der Waals surface area contributed by atoms with Crippen LogP contribution in [-0.2, 0) is 4.79 Å². The molecule has 0 spiro atoms. The van der Waals surface area contributed by atoms with E-state index in [1.807, 2.05) is 38.1 Å². The summed E-state index contributed by atoms with van der Waals surface area (Å²) in [7, 11) is 0. The van der Waals surface area contributed by atoms with E-state index in [0.717, 1.165) is 12.0 Å². The molecule has 8 heteroatoms. The van der Waals surface area contributed by atoms with E-state index in [2.05, 4.69) is 20.6 Å². The van der Waals surface area contributed by atoms with Gasteiger partial charge in [0, 0.05) is 49.3 Å². The molecule has 1 atom stereocenters. The van der Waals surface area contributed by atoms with Gasteiger partial charge in [0.2, 0.25) is 11.9 Å². The van der Waals surface area contributed by atoms with Crippen LogP contribution in [0.15, 0.2) is 30.3 Å². The predicted octanol–water partition coefficient (Wildman–Crippen LogP) is 1.90. The normalized spacial score (nSPS) is 16.3. The smallest absolute Gasteiger partial charge is 0.253 e.